The highest BCUT2D eigenvalue weighted by Crippen LogP contribution is 2.24. The first kappa shape index (κ1) is 10.1. The molecule has 0 spiro atoms. The van der Waals surface area contributed by atoms with Crippen LogP contribution >= 0.6 is 0 Å². The van der Waals surface area contributed by atoms with Crippen LogP contribution in [0.15, 0.2) is 18.2 Å². The molecule has 0 unspecified atom stereocenters. The maximum atomic E-state index is 5.57. The van der Waals surface area contributed by atoms with E-state index in [1.807, 2.05) is 6.07 Å². The number of methoxy groups -OCH3 is 1. The van der Waals surface area contributed by atoms with E-state index < -0.39 is 0 Å². The van der Waals surface area contributed by atoms with Crippen LogP contribution in [0, 0.1) is 0 Å². The fourth-order valence-corrected chi connectivity index (χ4v) is 1.29. The van der Waals surface area contributed by atoms with E-state index in [0.717, 1.165) is 11.3 Å². The minimum atomic E-state index is 0.528. The fourth-order valence-electron chi connectivity index (χ4n) is 1.29. The summed E-state index contributed by atoms with van der Waals surface area (Å²) in [5, 5.41) is 0. The molecule has 1 aromatic rings. The molecule has 0 saturated carbocycles. The molecule has 0 amide bonds. The Morgan fingerprint density at radius 3 is 2.54 bits per heavy atom. The van der Waals surface area contributed by atoms with Gasteiger partial charge in [0.15, 0.2) is 0 Å². The highest BCUT2D eigenvalue weighted by atomic mass is 16.5. The van der Waals surface area contributed by atoms with Gasteiger partial charge in [0.1, 0.15) is 5.75 Å². The van der Waals surface area contributed by atoms with Crippen molar-refractivity contribution in [2.45, 2.75) is 26.3 Å². The second-order valence-corrected chi connectivity index (χ2v) is 3.43. The molecule has 1 aromatic carbocycles. The molecule has 1 rings (SSSR count). The molecule has 0 radical (unpaired) electrons. The van der Waals surface area contributed by atoms with Crippen molar-refractivity contribution in [2.75, 3.05) is 7.11 Å². The van der Waals surface area contributed by atoms with Gasteiger partial charge in [0.25, 0.3) is 0 Å². The monoisotopic (exact) mass is 179 g/mol. The second-order valence-electron chi connectivity index (χ2n) is 3.43. The minimum Gasteiger partial charge on any atom is -0.496 e. The second kappa shape index (κ2) is 4.28. The van der Waals surface area contributed by atoms with E-state index >= 15 is 0 Å². The minimum absolute atomic E-state index is 0.528. The van der Waals surface area contributed by atoms with Gasteiger partial charge in [0.2, 0.25) is 0 Å². The van der Waals surface area contributed by atoms with Crippen LogP contribution in [-0.4, -0.2) is 7.11 Å². The van der Waals surface area contributed by atoms with E-state index in [0.29, 0.717) is 12.5 Å². The van der Waals surface area contributed by atoms with E-state index in [2.05, 4.69) is 26.0 Å². The third kappa shape index (κ3) is 2.22. The number of ether oxygens (including phenoxy) is 1. The summed E-state index contributed by atoms with van der Waals surface area (Å²) in [6.45, 7) is 4.86. The Labute approximate surface area is 79.7 Å². The SMILES string of the molecule is COc1cc(C(C)C)ccc1CN. The molecule has 2 heteroatoms. The third-order valence-corrected chi connectivity index (χ3v) is 2.20. The smallest absolute Gasteiger partial charge is 0.123 e. The average molecular weight is 179 g/mol. The Bertz CT molecular complexity index is 281. The van der Waals surface area contributed by atoms with E-state index in [1.165, 1.54) is 5.56 Å². The Morgan fingerprint density at radius 1 is 1.38 bits per heavy atom. The van der Waals surface area contributed by atoms with Crippen LogP contribution in [0.2, 0.25) is 0 Å². The van der Waals surface area contributed by atoms with Crippen molar-refractivity contribution in [3.05, 3.63) is 29.3 Å². The highest BCUT2D eigenvalue weighted by Gasteiger charge is 2.04. The molecule has 0 atom stereocenters. The summed E-state index contributed by atoms with van der Waals surface area (Å²) < 4.78 is 5.25. The summed E-state index contributed by atoms with van der Waals surface area (Å²) in [5.74, 6) is 1.43. The summed E-state index contributed by atoms with van der Waals surface area (Å²) in [6.07, 6.45) is 0. The predicted molar refractivity (Wildman–Crippen MR) is 55.0 cm³/mol. The van der Waals surface area contributed by atoms with Crippen LogP contribution < -0.4 is 10.5 Å². The topological polar surface area (TPSA) is 35.2 Å². The fraction of sp³-hybridized carbons (Fsp3) is 0.455. The maximum Gasteiger partial charge on any atom is 0.123 e. The summed E-state index contributed by atoms with van der Waals surface area (Å²) >= 11 is 0. The van der Waals surface area contributed by atoms with Gasteiger partial charge in [-0.05, 0) is 17.5 Å². The molecule has 0 bridgehead atoms. The van der Waals surface area contributed by atoms with Crippen molar-refractivity contribution in [2.24, 2.45) is 5.73 Å². The van der Waals surface area contributed by atoms with Gasteiger partial charge in [-0.2, -0.15) is 0 Å². The average Bonchev–Trinajstić information content (AvgIpc) is 2.16. The van der Waals surface area contributed by atoms with Crippen molar-refractivity contribution in [1.82, 2.24) is 0 Å². The number of rotatable bonds is 3. The van der Waals surface area contributed by atoms with Crippen LogP contribution in [-0.2, 0) is 6.54 Å². The lowest BCUT2D eigenvalue weighted by molar-refractivity contribution is 0.409. The summed E-state index contributed by atoms with van der Waals surface area (Å²) in [4.78, 5) is 0. The van der Waals surface area contributed by atoms with Gasteiger partial charge in [0.05, 0.1) is 7.11 Å². The maximum absolute atomic E-state index is 5.57. The van der Waals surface area contributed by atoms with Gasteiger partial charge in [-0.3, -0.25) is 0 Å². The summed E-state index contributed by atoms with van der Waals surface area (Å²) in [7, 11) is 1.68. The van der Waals surface area contributed by atoms with E-state index in [9.17, 15) is 0 Å². The Hall–Kier alpha value is -1.02. The highest BCUT2D eigenvalue weighted by molar-refractivity contribution is 5.38. The molecule has 72 valence electrons. The number of benzene rings is 1. The molecular formula is C11H17NO. The van der Waals surface area contributed by atoms with Gasteiger partial charge in [-0.1, -0.05) is 26.0 Å². The van der Waals surface area contributed by atoms with E-state index in [1.54, 1.807) is 7.11 Å². The molecule has 0 aliphatic heterocycles. The zero-order valence-electron chi connectivity index (χ0n) is 8.50. The number of hydrogen-bond donors (Lipinski definition) is 1. The predicted octanol–water partition coefficient (Wildman–Crippen LogP) is 2.28. The van der Waals surface area contributed by atoms with Crippen molar-refractivity contribution >= 4 is 0 Å². The largest absolute Gasteiger partial charge is 0.496 e. The quantitative estimate of drug-likeness (QED) is 0.772. The number of nitrogens with two attached hydrogens (primary N) is 1. The molecule has 0 fully saturated rings. The summed E-state index contributed by atoms with van der Waals surface area (Å²) in [6, 6.07) is 6.20. The van der Waals surface area contributed by atoms with Gasteiger partial charge in [-0.25, -0.2) is 0 Å². The first-order chi connectivity index (χ1) is 6.19. The lowest BCUT2D eigenvalue weighted by Gasteiger charge is -2.11. The van der Waals surface area contributed by atoms with Crippen LogP contribution in [0.25, 0.3) is 0 Å². The van der Waals surface area contributed by atoms with Crippen molar-refractivity contribution in [3.63, 3.8) is 0 Å². The third-order valence-electron chi connectivity index (χ3n) is 2.20. The molecule has 0 saturated heterocycles. The molecular weight excluding hydrogens is 162 g/mol. The summed E-state index contributed by atoms with van der Waals surface area (Å²) in [5.41, 5.74) is 7.92. The first-order valence-corrected chi connectivity index (χ1v) is 4.56. The Kier molecular flexibility index (Phi) is 3.32. The lowest BCUT2D eigenvalue weighted by atomic mass is 10.0. The zero-order valence-corrected chi connectivity index (χ0v) is 8.50. The molecule has 0 aliphatic rings. The van der Waals surface area contributed by atoms with Crippen LogP contribution in [0.4, 0.5) is 0 Å². The molecule has 13 heavy (non-hydrogen) atoms. The van der Waals surface area contributed by atoms with Gasteiger partial charge in [-0.15, -0.1) is 0 Å². The van der Waals surface area contributed by atoms with Crippen LogP contribution in [0.1, 0.15) is 30.9 Å². The van der Waals surface area contributed by atoms with Crippen molar-refractivity contribution in [3.8, 4) is 5.75 Å². The Morgan fingerprint density at radius 2 is 2.08 bits per heavy atom. The molecule has 2 N–H and O–H groups in total. The van der Waals surface area contributed by atoms with Gasteiger partial charge >= 0.3 is 0 Å². The van der Waals surface area contributed by atoms with Crippen LogP contribution in [0.3, 0.4) is 0 Å². The Balaban J connectivity index is 3.05. The molecule has 0 aliphatic carbocycles. The molecule has 2 nitrogen and oxygen atoms in total. The van der Waals surface area contributed by atoms with Gasteiger partial charge in [0, 0.05) is 12.1 Å². The molecule has 0 heterocycles. The molecule has 0 aromatic heterocycles. The van der Waals surface area contributed by atoms with Crippen molar-refractivity contribution < 1.29 is 4.74 Å². The number of hydrogen-bond acceptors (Lipinski definition) is 2. The zero-order chi connectivity index (χ0) is 9.84. The van der Waals surface area contributed by atoms with E-state index in [4.69, 9.17) is 10.5 Å². The normalized spacial score (nSPS) is 10.5. The lowest BCUT2D eigenvalue weighted by Crippen LogP contribution is -2.01. The first-order valence-electron chi connectivity index (χ1n) is 4.56. The van der Waals surface area contributed by atoms with Crippen LogP contribution in [0.5, 0.6) is 5.75 Å². The standard InChI is InChI=1S/C11H17NO/c1-8(2)9-4-5-10(7-12)11(6-9)13-3/h4-6,8H,7,12H2,1-3H3. The van der Waals surface area contributed by atoms with Crippen molar-refractivity contribution in [1.29, 1.82) is 0 Å². The van der Waals surface area contributed by atoms with Gasteiger partial charge < -0.3 is 10.5 Å². The van der Waals surface area contributed by atoms with E-state index in [-0.39, 0.29) is 0 Å².